The lowest BCUT2D eigenvalue weighted by Crippen LogP contribution is -2.39. The lowest BCUT2D eigenvalue weighted by molar-refractivity contribution is -0.390. The Morgan fingerprint density at radius 1 is 1.65 bits per heavy atom. The number of aryl methyl sites for hydroxylation is 1. The van der Waals surface area contributed by atoms with E-state index in [0.717, 1.165) is 0 Å². The first-order valence-electron chi connectivity index (χ1n) is 5.09. The molecule has 0 saturated heterocycles. The van der Waals surface area contributed by atoms with Crippen molar-refractivity contribution in [2.24, 2.45) is 11.8 Å². The van der Waals surface area contributed by atoms with Crippen LogP contribution >= 0.6 is 0 Å². The molecule has 8 nitrogen and oxygen atoms in total. The van der Waals surface area contributed by atoms with Crippen LogP contribution in [-0.4, -0.2) is 20.6 Å². The van der Waals surface area contributed by atoms with Crippen molar-refractivity contribution in [2.75, 3.05) is 0 Å². The number of nitro groups is 1. The van der Waals surface area contributed by atoms with Crippen LogP contribution in [0.1, 0.15) is 25.5 Å². The zero-order valence-electron chi connectivity index (χ0n) is 9.88. The molecule has 0 saturated carbocycles. The maximum absolute atomic E-state index is 11.6. The van der Waals surface area contributed by atoms with Gasteiger partial charge < -0.3 is 10.1 Å². The summed E-state index contributed by atoms with van der Waals surface area (Å²) < 4.78 is 1.28. The molecule has 0 spiro atoms. The maximum atomic E-state index is 11.6. The van der Waals surface area contributed by atoms with Crippen LogP contribution in [0, 0.1) is 23.0 Å². The van der Waals surface area contributed by atoms with Crippen molar-refractivity contribution >= 4 is 11.7 Å². The average molecular weight is 241 g/mol. The smallest absolute Gasteiger partial charge is 0.358 e. The van der Waals surface area contributed by atoms with Gasteiger partial charge in [-0.3, -0.25) is 10.2 Å². The van der Waals surface area contributed by atoms with Crippen molar-refractivity contribution in [2.45, 2.75) is 26.8 Å². The summed E-state index contributed by atoms with van der Waals surface area (Å²) in [5.74, 6) is 4.31. The van der Waals surface area contributed by atoms with Crippen molar-refractivity contribution in [1.29, 1.82) is 0 Å². The Labute approximate surface area is 97.9 Å². The summed E-state index contributed by atoms with van der Waals surface area (Å²) in [6.45, 7) is 5.19. The highest BCUT2D eigenvalue weighted by Gasteiger charge is 2.29. The van der Waals surface area contributed by atoms with E-state index in [1.165, 1.54) is 10.9 Å². The Morgan fingerprint density at radius 3 is 2.59 bits per heavy atom. The average Bonchev–Trinajstić information content (AvgIpc) is 2.59. The van der Waals surface area contributed by atoms with Gasteiger partial charge in [0, 0.05) is 0 Å². The van der Waals surface area contributed by atoms with Crippen molar-refractivity contribution in [1.82, 2.24) is 15.2 Å². The Kier molecular flexibility index (Phi) is 3.79. The van der Waals surface area contributed by atoms with Gasteiger partial charge in [0.1, 0.15) is 0 Å². The van der Waals surface area contributed by atoms with Crippen molar-refractivity contribution in [3.63, 3.8) is 0 Å². The Balaban J connectivity index is 3.16. The molecule has 0 radical (unpaired) electrons. The fourth-order valence-corrected chi connectivity index (χ4v) is 1.61. The monoisotopic (exact) mass is 241 g/mol. The van der Waals surface area contributed by atoms with E-state index in [0.29, 0.717) is 5.56 Å². The summed E-state index contributed by atoms with van der Waals surface area (Å²) in [5.41, 5.74) is 2.44. The van der Waals surface area contributed by atoms with Gasteiger partial charge in [0.2, 0.25) is 0 Å². The molecule has 0 aliphatic heterocycles. The fraction of sp³-hybridized carbons (Fsp3) is 0.556. The minimum absolute atomic E-state index is 0.0857. The topological polar surface area (TPSA) is 116 Å². The Hall–Kier alpha value is -1.96. The van der Waals surface area contributed by atoms with Gasteiger partial charge in [-0.15, -0.1) is 0 Å². The van der Waals surface area contributed by atoms with E-state index < -0.39 is 16.9 Å². The van der Waals surface area contributed by atoms with Gasteiger partial charge in [0.15, 0.2) is 6.04 Å². The predicted octanol–water partition coefficient (Wildman–Crippen LogP) is 0.287. The summed E-state index contributed by atoms with van der Waals surface area (Å²) in [6.07, 6.45) is 1.47. The molecule has 0 aliphatic carbocycles. The van der Waals surface area contributed by atoms with Crippen LogP contribution in [0.15, 0.2) is 6.20 Å². The molecule has 1 unspecified atom stereocenters. The standard InChI is InChI=1S/C9H15N5O3/c1-5(2)7(9(15)11-10)13-4-6(3)8(12-13)14(16)17/h4-5,7H,10H2,1-3H3,(H,11,15). The van der Waals surface area contributed by atoms with Crippen molar-refractivity contribution in [3.05, 3.63) is 21.9 Å². The predicted molar refractivity (Wildman–Crippen MR) is 59.8 cm³/mol. The number of rotatable bonds is 4. The number of nitrogens with zero attached hydrogens (tertiary/aromatic N) is 3. The van der Waals surface area contributed by atoms with Gasteiger partial charge in [-0.2, -0.15) is 4.68 Å². The van der Waals surface area contributed by atoms with Crippen LogP contribution < -0.4 is 11.3 Å². The number of hydrogen-bond acceptors (Lipinski definition) is 5. The highest BCUT2D eigenvalue weighted by molar-refractivity contribution is 5.79. The minimum atomic E-state index is -0.660. The Bertz CT molecular complexity index is 440. The molecular weight excluding hydrogens is 226 g/mol. The second-order valence-corrected chi connectivity index (χ2v) is 4.07. The number of nitrogens with one attached hydrogen (secondary N) is 1. The van der Waals surface area contributed by atoms with Gasteiger partial charge >= 0.3 is 5.82 Å². The van der Waals surface area contributed by atoms with E-state index in [4.69, 9.17) is 5.84 Å². The molecule has 1 amide bonds. The highest BCUT2D eigenvalue weighted by Crippen LogP contribution is 2.22. The second-order valence-electron chi connectivity index (χ2n) is 4.07. The van der Waals surface area contributed by atoms with Gasteiger partial charge in [0.05, 0.1) is 16.9 Å². The van der Waals surface area contributed by atoms with Crippen LogP contribution in [0.3, 0.4) is 0 Å². The maximum Gasteiger partial charge on any atom is 0.392 e. The van der Waals surface area contributed by atoms with Gasteiger partial charge in [-0.1, -0.05) is 13.8 Å². The zero-order valence-corrected chi connectivity index (χ0v) is 9.88. The molecule has 0 bridgehead atoms. The second kappa shape index (κ2) is 4.91. The van der Waals surface area contributed by atoms with Crippen LogP contribution in [0.5, 0.6) is 0 Å². The van der Waals surface area contributed by atoms with Crippen molar-refractivity contribution < 1.29 is 9.72 Å². The number of carbonyl (C=O) groups is 1. The lowest BCUT2D eigenvalue weighted by Gasteiger charge is -2.16. The number of amides is 1. The van der Waals surface area contributed by atoms with E-state index in [2.05, 4.69) is 5.10 Å². The number of hydrogen-bond donors (Lipinski definition) is 2. The number of carbonyl (C=O) groups excluding carboxylic acids is 1. The summed E-state index contributed by atoms with van der Waals surface area (Å²) in [6, 6.07) is -0.660. The number of nitrogens with two attached hydrogens (primary N) is 1. The van der Waals surface area contributed by atoms with E-state index >= 15 is 0 Å². The zero-order chi connectivity index (χ0) is 13.2. The van der Waals surface area contributed by atoms with Gasteiger partial charge in [-0.05, 0) is 17.8 Å². The van der Waals surface area contributed by atoms with Crippen molar-refractivity contribution in [3.8, 4) is 0 Å². The minimum Gasteiger partial charge on any atom is -0.358 e. The van der Waals surface area contributed by atoms with Gasteiger partial charge in [-0.25, -0.2) is 5.84 Å². The molecule has 0 aromatic carbocycles. The van der Waals surface area contributed by atoms with E-state index in [1.807, 2.05) is 19.3 Å². The van der Waals surface area contributed by atoms with E-state index in [9.17, 15) is 14.9 Å². The summed E-state index contributed by atoms with van der Waals surface area (Å²) in [5, 5.41) is 14.5. The third kappa shape index (κ3) is 2.59. The molecule has 0 fully saturated rings. The normalized spacial score (nSPS) is 12.5. The first kappa shape index (κ1) is 13.1. The third-order valence-corrected chi connectivity index (χ3v) is 2.39. The molecule has 1 heterocycles. The first-order chi connectivity index (χ1) is 7.88. The van der Waals surface area contributed by atoms with Gasteiger partial charge in [0.25, 0.3) is 5.91 Å². The molecular formula is C9H15N5O3. The molecule has 1 aromatic heterocycles. The molecule has 0 aliphatic rings. The fourth-order valence-electron chi connectivity index (χ4n) is 1.61. The molecule has 8 heteroatoms. The molecule has 17 heavy (non-hydrogen) atoms. The first-order valence-corrected chi connectivity index (χ1v) is 5.09. The highest BCUT2D eigenvalue weighted by atomic mass is 16.6. The quantitative estimate of drug-likeness (QED) is 0.340. The molecule has 94 valence electrons. The van der Waals surface area contributed by atoms with Crippen LogP contribution in [0.25, 0.3) is 0 Å². The number of aromatic nitrogens is 2. The summed E-state index contributed by atoms with van der Waals surface area (Å²) >= 11 is 0. The third-order valence-electron chi connectivity index (χ3n) is 2.39. The van der Waals surface area contributed by atoms with E-state index in [-0.39, 0.29) is 11.7 Å². The summed E-state index contributed by atoms with van der Waals surface area (Å²) in [4.78, 5) is 21.7. The molecule has 1 aromatic rings. The molecule has 3 N–H and O–H groups in total. The SMILES string of the molecule is Cc1cn(C(C(=O)NN)C(C)C)nc1[N+](=O)[O-]. The summed E-state index contributed by atoms with van der Waals surface area (Å²) in [7, 11) is 0. The molecule has 1 atom stereocenters. The largest absolute Gasteiger partial charge is 0.392 e. The lowest BCUT2D eigenvalue weighted by atomic mass is 10.0. The van der Waals surface area contributed by atoms with Crippen LogP contribution in [0.4, 0.5) is 5.82 Å². The molecule has 1 rings (SSSR count). The number of hydrazine groups is 1. The van der Waals surface area contributed by atoms with E-state index in [1.54, 1.807) is 6.92 Å². The van der Waals surface area contributed by atoms with Crippen LogP contribution in [-0.2, 0) is 4.79 Å². The Morgan fingerprint density at radius 2 is 2.24 bits per heavy atom. The van der Waals surface area contributed by atoms with Crippen LogP contribution in [0.2, 0.25) is 0 Å².